The fourth-order valence-electron chi connectivity index (χ4n) is 3.85. The van der Waals surface area contributed by atoms with E-state index in [-0.39, 0.29) is 11.8 Å². The SMILES string of the molecule is Cc1nn(C)c(C)c1C(=O)N1C[C@@H](C)[C@](O)(C2CCC2)C1. The highest BCUT2D eigenvalue weighted by Gasteiger charge is 2.51. The quantitative estimate of drug-likeness (QED) is 0.901. The fourth-order valence-corrected chi connectivity index (χ4v) is 3.85. The van der Waals surface area contributed by atoms with Gasteiger partial charge in [0.1, 0.15) is 0 Å². The summed E-state index contributed by atoms with van der Waals surface area (Å²) in [7, 11) is 1.86. The Bertz CT molecular complexity index is 576. The zero-order valence-corrected chi connectivity index (χ0v) is 13.4. The van der Waals surface area contributed by atoms with Crippen LogP contribution < -0.4 is 0 Å². The molecule has 1 aliphatic heterocycles. The number of carbonyl (C=O) groups is 1. The lowest BCUT2D eigenvalue weighted by Gasteiger charge is -2.41. The van der Waals surface area contributed by atoms with Crippen molar-refractivity contribution in [2.24, 2.45) is 18.9 Å². The van der Waals surface area contributed by atoms with Crippen LogP contribution in [-0.2, 0) is 7.05 Å². The molecule has 0 radical (unpaired) electrons. The Hall–Kier alpha value is -1.36. The minimum atomic E-state index is -0.696. The number of carbonyl (C=O) groups excluding carboxylic acids is 1. The molecule has 1 saturated heterocycles. The number of aliphatic hydroxyl groups is 1. The van der Waals surface area contributed by atoms with Crippen molar-refractivity contribution in [1.29, 1.82) is 0 Å². The van der Waals surface area contributed by atoms with Gasteiger partial charge in [-0.25, -0.2) is 0 Å². The Morgan fingerprint density at radius 1 is 1.38 bits per heavy atom. The third-order valence-corrected chi connectivity index (χ3v) is 5.61. The lowest BCUT2D eigenvalue weighted by Crippen LogP contribution is -2.48. The maximum Gasteiger partial charge on any atom is 0.257 e. The van der Waals surface area contributed by atoms with E-state index in [0.717, 1.165) is 24.2 Å². The smallest absolute Gasteiger partial charge is 0.257 e. The topological polar surface area (TPSA) is 58.4 Å². The molecule has 1 amide bonds. The highest BCUT2D eigenvalue weighted by Crippen LogP contribution is 2.44. The first-order valence-electron chi connectivity index (χ1n) is 7.86. The molecule has 0 bridgehead atoms. The van der Waals surface area contributed by atoms with Gasteiger partial charge in [-0.1, -0.05) is 13.3 Å². The van der Waals surface area contributed by atoms with Crippen LogP contribution in [-0.4, -0.2) is 44.4 Å². The number of rotatable bonds is 2. The summed E-state index contributed by atoms with van der Waals surface area (Å²) < 4.78 is 1.75. The number of aromatic nitrogens is 2. The molecule has 2 fully saturated rings. The van der Waals surface area contributed by atoms with Crippen molar-refractivity contribution in [3.63, 3.8) is 0 Å². The van der Waals surface area contributed by atoms with E-state index < -0.39 is 5.60 Å². The largest absolute Gasteiger partial charge is 0.387 e. The third-order valence-electron chi connectivity index (χ3n) is 5.61. The van der Waals surface area contributed by atoms with Crippen molar-refractivity contribution in [1.82, 2.24) is 14.7 Å². The average Bonchev–Trinajstić information content (AvgIpc) is 2.76. The van der Waals surface area contributed by atoms with Crippen molar-refractivity contribution < 1.29 is 9.90 Å². The molecule has 2 heterocycles. The number of amides is 1. The van der Waals surface area contributed by atoms with Gasteiger partial charge in [-0.05, 0) is 32.6 Å². The summed E-state index contributed by atoms with van der Waals surface area (Å²) in [6.07, 6.45) is 3.39. The normalized spacial score (nSPS) is 29.8. The Kier molecular flexibility index (Phi) is 3.35. The monoisotopic (exact) mass is 291 g/mol. The van der Waals surface area contributed by atoms with Crippen LogP contribution in [0.1, 0.15) is 47.9 Å². The predicted octanol–water partition coefficient (Wildman–Crippen LogP) is 1.66. The molecule has 1 aromatic rings. The van der Waals surface area contributed by atoms with E-state index in [2.05, 4.69) is 12.0 Å². The van der Waals surface area contributed by atoms with Gasteiger partial charge in [0, 0.05) is 25.2 Å². The molecule has 2 atom stereocenters. The first-order chi connectivity index (χ1) is 9.84. The summed E-state index contributed by atoms with van der Waals surface area (Å²) >= 11 is 0. The van der Waals surface area contributed by atoms with E-state index in [1.54, 1.807) is 4.68 Å². The van der Waals surface area contributed by atoms with E-state index in [1.165, 1.54) is 6.42 Å². The van der Waals surface area contributed by atoms with Crippen LogP contribution in [0.4, 0.5) is 0 Å². The fraction of sp³-hybridized carbons (Fsp3) is 0.750. The number of aryl methyl sites for hydroxylation is 2. The number of β-amino-alcohol motifs (C(OH)–C–C–N with tert-alkyl or cyclic N) is 1. The minimum absolute atomic E-state index is 0.0141. The second kappa shape index (κ2) is 4.83. The number of likely N-dealkylation sites (tertiary alicyclic amines) is 1. The maximum atomic E-state index is 12.8. The van der Waals surface area contributed by atoms with Gasteiger partial charge < -0.3 is 10.0 Å². The van der Waals surface area contributed by atoms with Crippen molar-refractivity contribution in [2.45, 2.75) is 45.6 Å². The van der Waals surface area contributed by atoms with Crippen LogP contribution in [0.5, 0.6) is 0 Å². The zero-order valence-electron chi connectivity index (χ0n) is 13.4. The minimum Gasteiger partial charge on any atom is -0.387 e. The highest BCUT2D eigenvalue weighted by atomic mass is 16.3. The highest BCUT2D eigenvalue weighted by molar-refractivity contribution is 5.96. The molecule has 21 heavy (non-hydrogen) atoms. The first-order valence-corrected chi connectivity index (χ1v) is 7.86. The van der Waals surface area contributed by atoms with E-state index >= 15 is 0 Å². The van der Waals surface area contributed by atoms with Gasteiger partial charge in [0.15, 0.2) is 0 Å². The molecule has 0 spiro atoms. The van der Waals surface area contributed by atoms with Crippen molar-refractivity contribution in [2.75, 3.05) is 13.1 Å². The summed E-state index contributed by atoms with van der Waals surface area (Å²) in [6.45, 7) is 6.96. The number of hydrogen-bond donors (Lipinski definition) is 1. The molecule has 0 aromatic carbocycles. The van der Waals surface area contributed by atoms with Crippen molar-refractivity contribution in [3.05, 3.63) is 17.0 Å². The van der Waals surface area contributed by atoms with Crippen molar-refractivity contribution >= 4 is 5.91 Å². The van der Waals surface area contributed by atoms with Gasteiger partial charge in [0.25, 0.3) is 5.91 Å². The molecule has 1 N–H and O–H groups in total. The maximum absolute atomic E-state index is 12.8. The Balaban J connectivity index is 1.83. The lowest BCUT2D eigenvalue weighted by molar-refractivity contribution is -0.0660. The van der Waals surface area contributed by atoms with Gasteiger partial charge in [0.05, 0.1) is 23.4 Å². The Morgan fingerprint density at radius 2 is 2.05 bits per heavy atom. The van der Waals surface area contributed by atoms with Crippen LogP contribution >= 0.6 is 0 Å². The number of hydrogen-bond acceptors (Lipinski definition) is 3. The number of nitrogens with zero attached hydrogens (tertiary/aromatic N) is 3. The zero-order chi connectivity index (χ0) is 15.4. The van der Waals surface area contributed by atoms with Crippen LogP contribution in [0, 0.1) is 25.7 Å². The second-order valence-electron chi connectivity index (χ2n) is 6.88. The summed E-state index contributed by atoms with van der Waals surface area (Å²) in [5.74, 6) is 0.519. The van der Waals surface area contributed by atoms with Gasteiger partial charge in [-0.2, -0.15) is 5.10 Å². The summed E-state index contributed by atoms with van der Waals surface area (Å²) in [5, 5.41) is 15.3. The molecular weight excluding hydrogens is 266 g/mol. The standard InChI is InChI=1S/C16H25N3O2/c1-10-8-19(9-16(10,21)13-6-5-7-13)15(20)14-11(2)17-18(4)12(14)3/h10,13,21H,5-9H2,1-4H3/t10-,16+/m1/s1. The Labute approximate surface area is 125 Å². The summed E-state index contributed by atoms with van der Waals surface area (Å²) in [5.41, 5.74) is 1.66. The van der Waals surface area contributed by atoms with Gasteiger partial charge in [-0.3, -0.25) is 9.48 Å². The molecule has 1 aliphatic carbocycles. The van der Waals surface area contributed by atoms with E-state index in [1.807, 2.05) is 25.8 Å². The van der Waals surface area contributed by atoms with E-state index in [0.29, 0.717) is 24.6 Å². The molecule has 1 saturated carbocycles. The summed E-state index contributed by atoms with van der Waals surface area (Å²) in [6, 6.07) is 0. The molecular formula is C16H25N3O2. The van der Waals surface area contributed by atoms with Crippen LogP contribution in [0.3, 0.4) is 0 Å². The van der Waals surface area contributed by atoms with Gasteiger partial charge >= 0.3 is 0 Å². The average molecular weight is 291 g/mol. The molecule has 5 heteroatoms. The molecule has 3 rings (SSSR count). The van der Waals surface area contributed by atoms with Gasteiger partial charge in [0.2, 0.25) is 0 Å². The Morgan fingerprint density at radius 3 is 2.52 bits per heavy atom. The van der Waals surface area contributed by atoms with E-state index in [4.69, 9.17) is 0 Å². The second-order valence-corrected chi connectivity index (χ2v) is 6.88. The van der Waals surface area contributed by atoms with Crippen LogP contribution in [0.25, 0.3) is 0 Å². The third kappa shape index (κ3) is 2.09. The molecule has 116 valence electrons. The lowest BCUT2D eigenvalue weighted by atomic mass is 9.69. The summed E-state index contributed by atoms with van der Waals surface area (Å²) in [4.78, 5) is 14.6. The molecule has 5 nitrogen and oxygen atoms in total. The van der Waals surface area contributed by atoms with Crippen molar-refractivity contribution in [3.8, 4) is 0 Å². The van der Waals surface area contributed by atoms with E-state index in [9.17, 15) is 9.90 Å². The van der Waals surface area contributed by atoms with Gasteiger partial charge in [-0.15, -0.1) is 0 Å². The predicted molar refractivity (Wildman–Crippen MR) is 80.0 cm³/mol. The molecule has 0 unspecified atom stereocenters. The first kappa shape index (κ1) is 14.6. The van der Waals surface area contributed by atoms with Crippen LogP contribution in [0.15, 0.2) is 0 Å². The van der Waals surface area contributed by atoms with Crippen LogP contribution in [0.2, 0.25) is 0 Å². The molecule has 2 aliphatic rings. The molecule has 1 aromatic heterocycles.